The van der Waals surface area contributed by atoms with E-state index in [9.17, 15) is 12.8 Å². The van der Waals surface area contributed by atoms with Crippen LogP contribution in [-0.4, -0.2) is 38.5 Å². The molecular formula is C13H18BrFN2O3S. The molecule has 1 unspecified atom stereocenters. The Balaban J connectivity index is 2.31. The molecule has 5 nitrogen and oxygen atoms in total. The highest BCUT2D eigenvalue weighted by Gasteiger charge is 2.32. The molecule has 1 saturated heterocycles. The van der Waals surface area contributed by atoms with E-state index in [4.69, 9.17) is 10.5 Å². The summed E-state index contributed by atoms with van der Waals surface area (Å²) in [4.78, 5) is -0.0152. The third kappa shape index (κ3) is 3.56. The number of ether oxygens (including phenoxy) is 1. The van der Waals surface area contributed by atoms with Crippen LogP contribution in [0.25, 0.3) is 0 Å². The molecule has 8 heteroatoms. The van der Waals surface area contributed by atoms with Gasteiger partial charge in [-0.2, -0.15) is 4.31 Å². The van der Waals surface area contributed by atoms with Gasteiger partial charge in [-0.05, 0) is 47.8 Å². The number of rotatable bonds is 4. The fourth-order valence-electron chi connectivity index (χ4n) is 2.38. The fraction of sp³-hybridized carbons (Fsp3) is 0.538. The summed E-state index contributed by atoms with van der Waals surface area (Å²) < 4.78 is 45.8. The molecule has 1 atom stereocenters. The molecule has 0 aromatic heterocycles. The largest absolute Gasteiger partial charge is 0.396 e. The highest BCUT2D eigenvalue weighted by molar-refractivity contribution is 9.10. The Hall–Kier alpha value is -0.700. The zero-order valence-electron chi connectivity index (χ0n) is 11.7. The van der Waals surface area contributed by atoms with E-state index in [0.717, 1.165) is 25.0 Å². The van der Waals surface area contributed by atoms with Crippen LogP contribution >= 0.6 is 15.9 Å². The summed E-state index contributed by atoms with van der Waals surface area (Å²) in [5.41, 5.74) is 5.30. The maximum atomic E-state index is 13.4. The van der Waals surface area contributed by atoms with Gasteiger partial charge < -0.3 is 10.5 Å². The van der Waals surface area contributed by atoms with Gasteiger partial charge in [-0.1, -0.05) is 0 Å². The number of anilines is 1. The fourth-order valence-corrected chi connectivity index (χ4v) is 4.90. The third-order valence-electron chi connectivity index (χ3n) is 3.41. The average molecular weight is 381 g/mol. The Labute approximate surface area is 132 Å². The average Bonchev–Trinajstić information content (AvgIpc) is 2.43. The van der Waals surface area contributed by atoms with E-state index in [1.54, 1.807) is 0 Å². The Morgan fingerprint density at radius 2 is 2.24 bits per heavy atom. The van der Waals surface area contributed by atoms with Crippen LogP contribution in [0, 0.1) is 5.82 Å². The van der Waals surface area contributed by atoms with E-state index in [1.807, 2.05) is 6.92 Å². The van der Waals surface area contributed by atoms with Crippen LogP contribution in [0.1, 0.15) is 19.8 Å². The van der Waals surface area contributed by atoms with Crippen molar-refractivity contribution >= 4 is 31.6 Å². The second kappa shape index (κ2) is 6.60. The molecule has 1 aromatic rings. The van der Waals surface area contributed by atoms with Crippen LogP contribution in [0.3, 0.4) is 0 Å². The summed E-state index contributed by atoms with van der Waals surface area (Å²) in [5, 5.41) is 0. The van der Waals surface area contributed by atoms with E-state index < -0.39 is 15.8 Å². The third-order valence-corrected chi connectivity index (χ3v) is 6.24. The van der Waals surface area contributed by atoms with Crippen molar-refractivity contribution in [1.82, 2.24) is 4.31 Å². The topological polar surface area (TPSA) is 72.6 Å². The molecular weight excluding hydrogens is 363 g/mol. The lowest BCUT2D eigenvalue weighted by molar-refractivity contribution is 0.0265. The highest BCUT2D eigenvalue weighted by atomic mass is 79.9. The monoisotopic (exact) mass is 380 g/mol. The first-order chi connectivity index (χ1) is 9.86. The van der Waals surface area contributed by atoms with Crippen LogP contribution in [-0.2, 0) is 14.8 Å². The SMILES string of the molecule is CCOC1CCCN(S(=O)(=O)c2cc(N)c(F)cc2Br)C1. The predicted molar refractivity (Wildman–Crippen MR) is 81.9 cm³/mol. The zero-order chi connectivity index (χ0) is 15.6. The summed E-state index contributed by atoms with van der Waals surface area (Å²) in [6, 6.07) is 2.23. The van der Waals surface area contributed by atoms with Crippen LogP contribution < -0.4 is 5.73 Å². The second-order valence-electron chi connectivity index (χ2n) is 4.89. The van der Waals surface area contributed by atoms with Gasteiger partial charge in [-0.15, -0.1) is 0 Å². The molecule has 1 heterocycles. The molecule has 0 saturated carbocycles. The van der Waals surface area contributed by atoms with Crippen molar-refractivity contribution in [3.8, 4) is 0 Å². The van der Waals surface area contributed by atoms with Gasteiger partial charge in [-0.25, -0.2) is 12.8 Å². The number of nitrogens with zero attached hydrogens (tertiary/aromatic N) is 1. The molecule has 0 spiro atoms. The first-order valence-corrected chi connectivity index (χ1v) is 8.95. The van der Waals surface area contributed by atoms with Crippen molar-refractivity contribution in [1.29, 1.82) is 0 Å². The lowest BCUT2D eigenvalue weighted by Gasteiger charge is -2.31. The zero-order valence-corrected chi connectivity index (χ0v) is 14.1. The Morgan fingerprint density at radius 3 is 2.90 bits per heavy atom. The van der Waals surface area contributed by atoms with Crippen LogP contribution in [0.4, 0.5) is 10.1 Å². The summed E-state index contributed by atoms with van der Waals surface area (Å²) in [6.45, 7) is 3.16. The summed E-state index contributed by atoms with van der Waals surface area (Å²) >= 11 is 3.10. The van der Waals surface area contributed by atoms with E-state index >= 15 is 0 Å². The van der Waals surface area contributed by atoms with Crippen molar-refractivity contribution in [2.24, 2.45) is 0 Å². The standard InChI is InChI=1S/C13H18BrFN2O3S/c1-2-20-9-4-3-5-17(8-9)21(18,19)13-7-12(16)11(15)6-10(13)14/h6-7,9H,2-5,8,16H2,1H3. The number of benzene rings is 1. The molecule has 1 aliphatic heterocycles. The summed E-state index contributed by atoms with van der Waals surface area (Å²) in [5.74, 6) is -0.647. The van der Waals surface area contributed by atoms with Crippen molar-refractivity contribution in [2.45, 2.75) is 30.8 Å². The van der Waals surface area contributed by atoms with Gasteiger partial charge in [0, 0.05) is 24.2 Å². The van der Waals surface area contributed by atoms with Gasteiger partial charge in [-0.3, -0.25) is 0 Å². The van der Waals surface area contributed by atoms with Crippen molar-refractivity contribution < 1.29 is 17.5 Å². The Morgan fingerprint density at radius 1 is 1.52 bits per heavy atom. The van der Waals surface area contributed by atoms with Crippen molar-refractivity contribution in [2.75, 3.05) is 25.4 Å². The minimum atomic E-state index is -3.72. The van der Waals surface area contributed by atoms with E-state index in [0.29, 0.717) is 19.7 Å². The first kappa shape index (κ1) is 16.7. The lowest BCUT2D eigenvalue weighted by Crippen LogP contribution is -2.43. The normalized spacial score (nSPS) is 20.6. The molecule has 0 radical (unpaired) electrons. The molecule has 21 heavy (non-hydrogen) atoms. The van der Waals surface area contributed by atoms with E-state index in [-0.39, 0.29) is 21.2 Å². The number of sulfonamides is 1. The van der Waals surface area contributed by atoms with Gasteiger partial charge in [0.15, 0.2) is 0 Å². The maximum absolute atomic E-state index is 13.4. The van der Waals surface area contributed by atoms with Crippen molar-refractivity contribution in [3.63, 3.8) is 0 Å². The van der Waals surface area contributed by atoms with Gasteiger partial charge in [0.1, 0.15) is 5.82 Å². The smallest absolute Gasteiger partial charge is 0.244 e. The Bertz CT molecular complexity index is 622. The maximum Gasteiger partial charge on any atom is 0.244 e. The summed E-state index contributed by atoms with van der Waals surface area (Å²) in [6.07, 6.45) is 1.47. The van der Waals surface area contributed by atoms with E-state index in [1.165, 1.54) is 4.31 Å². The first-order valence-electron chi connectivity index (χ1n) is 6.72. The molecule has 1 fully saturated rings. The molecule has 2 rings (SSSR count). The number of hydrogen-bond donors (Lipinski definition) is 1. The number of hydrogen-bond acceptors (Lipinski definition) is 4. The van der Waals surface area contributed by atoms with Crippen LogP contribution in [0.5, 0.6) is 0 Å². The molecule has 118 valence electrons. The molecule has 1 aromatic carbocycles. The Kier molecular flexibility index (Phi) is 5.24. The molecule has 2 N–H and O–H groups in total. The number of piperidine rings is 1. The van der Waals surface area contributed by atoms with E-state index in [2.05, 4.69) is 15.9 Å². The van der Waals surface area contributed by atoms with Gasteiger partial charge in [0.25, 0.3) is 0 Å². The lowest BCUT2D eigenvalue weighted by atomic mass is 10.1. The van der Waals surface area contributed by atoms with Crippen molar-refractivity contribution in [3.05, 3.63) is 22.4 Å². The molecule has 0 amide bonds. The highest BCUT2D eigenvalue weighted by Crippen LogP contribution is 2.30. The van der Waals surface area contributed by atoms with Gasteiger partial charge in [0.05, 0.1) is 16.7 Å². The molecule has 0 aliphatic carbocycles. The van der Waals surface area contributed by atoms with Crippen LogP contribution in [0.2, 0.25) is 0 Å². The minimum absolute atomic E-state index is 0.0152. The second-order valence-corrected chi connectivity index (χ2v) is 7.65. The summed E-state index contributed by atoms with van der Waals surface area (Å²) in [7, 11) is -3.72. The predicted octanol–water partition coefficient (Wildman–Crippen LogP) is 2.36. The quantitative estimate of drug-likeness (QED) is 0.813. The number of halogens is 2. The number of nitrogens with two attached hydrogens (primary N) is 1. The van der Waals surface area contributed by atoms with Crippen LogP contribution in [0.15, 0.2) is 21.5 Å². The number of nitrogen functional groups attached to an aromatic ring is 1. The molecule has 0 bridgehead atoms. The molecule has 1 aliphatic rings. The van der Waals surface area contributed by atoms with Gasteiger partial charge in [0.2, 0.25) is 10.0 Å². The van der Waals surface area contributed by atoms with Gasteiger partial charge >= 0.3 is 0 Å². The minimum Gasteiger partial charge on any atom is -0.396 e.